The number of hydrogen-bond acceptors (Lipinski definition) is 3. The van der Waals surface area contributed by atoms with Gasteiger partial charge in [0.15, 0.2) is 0 Å². The second-order valence-electron chi connectivity index (χ2n) is 3.43. The van der Waals surface area contributed by atoms with Crippen LogP contribution in [0.25, 0.3) is 0 Å². The molecule has 0 radical (unpaired) electrons. The van der Waals surface area contributed by atoms with Crippen molar-refractivity contribution in [3.63, 3.8) is 0 Å². The Hall–Kier alpha value is -1.55. The summed E-state index contributed by atoms with van der Waals surface area (Å²) in [7, 11) is 0. The molecular weight excluding hydrogens is 206 g/mol. The standard InChI is InChI=1S/C12H17NO3/c1-2-7-13(8-9-14)12(15)6-5-11-4-3-10-16-11/h2-4,10,14H,1,5-9H2. The number of carbonyl (C=O) groups is 1. The van der Waals surface area contributed by atoms with Crippen LogP contribution in [0.1, 0.15) is 12.2 Å². The van der Waals surface area contributed by atoms with Gasteiger partial charge in [-0.05, 0) is 12.1 Å². The maximum atomic E-state index is 11.7. The van der Waals surface area contributed by atoms with E-state index in [1.165, 1.54) is 0 Å². The summed E-state index contributed by atoms with van der Waals surface area (Å²) in [5.41, 5.74) is 0. The molecule has 1 amide bonds. The van der Waals surface area contributed by atoms with Crippen LogP contribution in [-0.4, -0.2) is 35.6 Å². The molecule has 4 heteroatoms. The zero-order valence-corrected chi connectivity index (χ0v) is 9.26. The first-order chi connectivity index (χ1) is 7.77. The van der Waals surface area contributed by atoms with E-state index in [0.29, 0.717) is 25.9 Å². The van der Waals surface area contributed by atoms with Crippen LogP contribution >= 0.6 is 0 Å². The normalized spacial score (nSPS) is 10.1. The molecule has 0 unspecified atom stereocenters. The average molecular weight is 223 g/mol. The van der Waals surface area contributed by atoms with Gasteiger partial charge >= 0.3 is 0 Å². The van der Waals surface area contributed by atoms with Gasteiger partial charge in [-0.1, -0.05) is 6.08 Å². The summed E-state index contributed by atoms with van der Waals surface area (Å²) in [6.45, 7) is 4.37. The number of furan rings is 1. The Morgan fingerprint density at radius 3 is 3.00 bits per heavy atom. The van der Waals surface area contributed by atoms with E-state index < -0.39 is 0 Å². The van der Waals surface area contributed by atoms with Gasteiger partial charge in [-0.2, -0.15) is 0 Å². The van der Waals surface area contributed by atoms with E-state index in [-0.39, 0.29) is 12.5 Å². The van der Waals surface area contributed by atoms with Crippen molar-refractivity contribution in [1.29, 1.82) is 0 Å². The maximum absolute atomic E-state index is 11.7. The van der Waals surface area contributed by atoms with E-state index in [9.17, 15) is 4.79 Å². The van der Waals surface area contributed by atoms with Gasteiger partial charge in [-0.25, -0.2) is 0 Å². The van der Waals surface area contributed by atoms with Crippen LogP contribution < -0.4 is 0 Å². The van der Waals surface area contributed by atoms with Gasteiger partial charge < -0.3 is 14.4 Å². The SMILES string of the molecule is C=CCN(CCO)C(=O)CCc1ccco1. The fourth-order valence-corrected chi connectivity index (χ4v) is 1.44. The van der Waals surface area contributed by atoms with E-state index >= 15 is 0 Å². The second-order valence-corrected chi connectivity index (χ2v) is 3.43. The van der Waals surface area contributed by atoms with Gasteiger partial charge in [0.05, 0.1) is 12.9 Å². The van der Waals surface area contributed by atoms with Crippen molar-refractivity contribution in [2.24, 2.45) is 0 Å². The summed E-state index contributed by atoms with van der Waals surface area (Å²) in [5.74, 6) is 0.807. The lowest BCUT2D eigenvalue weighted by molar-refractivity contribution is -0.131. The number of carbonyl (C=O) groups excluding carboxylic acids is 1. The quantitative estimate of drug-likeness (QED) is 0.707. The molecule has 0 saturated carbocycles. The molecule has 0 aliphatic heterocycles. The summed E-state index contributed by atoms with van der Waals surface area (Å²) in [5, 5.41) is 8.82. The molecule has 1 rings (SSSR count). The maximum Gasteiger partial charge on any atom is 0.223 e. The van der Waals surface area contributed by atoms with E-state index in [1.807, 2.05) is 6.07 Å². The number of aliphatic hydroxyl groups is 1. The van der Waals surface area contributed by atoms with Crippen molar-refractivity contribution >= 4 is 5.91 Å². The Balaban J connectivity index is 2.39. The lowest BCUT2D eigenvalue weighted by Gasteiger charge is -2.19. The van der Waals surface area contributed by atoms with Gasteiger partial charge in [0.1, 0.15) is 5.76 Å². The number of aliphatic hydroxyl groups excluding tert-OH is 1. The van der Waals surface area contributed by atoms with Crippen molar-refractivity contribution < 1.29 is 14.3 Å². The van der Waals surface area contributed by atoms with Crippen LogP contribution in [0, 0.1) is 0 Å². The highest BCUT2D eigenvalue weighted by Gasteiger charge is 2.11. The highest BCUT2D eigenvalue weighted by molar-refractivity contribution is 5.76. The van der Waals surface area contributed by atoms with Crippen molar-refractivity contribution in [2.75, 3.05) is 19.7 Å². The molecular formula is C12H17NO3. The summed E-state index contributed by atoms with van der Waals surface area (Å²) < 4.78 is 5.14. The molecule has 0 atom stereocenters. The van der Waals surface area contributed by atoms with Crippen molar-refractivity contribution in [3.8, 4) is 0 Å². The van der Waals surface area contributed by atoms with Crippen molar-refractivity contribution in [2.45, 2.75) is 12.8 Å². The topological polar surface area (TPSA) is 53.7 Å². The first-order valence-corrected chi connectivity index (χ1v) is 5.30. The third-order valence-electron chi connectivity index (χ3n) is 2.24. The molecule has 0 aromatic carbocycles. The molecule has 0 spiro atoms. The molecule has 1 N–H and O–H groups in total. The van der Waals surface area contributed by atoms with Crippen LogP contribution in [0.5, 0.6) is 0 Å². The van der Waals surface area contributed by atoms with Gasteiger partial charge in [-0.15, -0.1) is 6.58 Å². The molecule has 0 aliphatic rings. The predicted octanol–water partition coefficient (Wildman–Crippen LogP) is 1.22. The lowest BCUT2D eigenvalue weighted by Crippen LogP contribution is -2.33. The second kappa shape index (κ2) is 6.85. The molecule has 16 heavy (non-hydrogen) atoms. The van der Waals surface area contributed by atoms with Gasteiger partial charge in [0.25, 0.3) is 0 Å². The molecule has 0 saturated heterocycles. The van der Waals surface area contributed by atoms with Gasteiger partial charge in [0, 0.05) is 25.9 Å². The highest BCUT2D eigenvalue weighted by Crippen LogP contribution is 2.05. The first-order valence-electron chi connectivity index (χ1n) is 5.30. The Bertz CT molecular complexity index is 319. The average Bonchev–Trinajstić information content (AvgIpc) is 2.78. The van der Waals surface area contributed by atoms with Crippen molar-refractivity contribution in [3.05, 3.63) is 36.8 Å². The molecule has 1 heterocycles. The monoisotopic (exact) mass is 223 g/mol. The fraction of sp³-hybridized carbons (Fsp3) is 0.417. The van der Waals surface area contributed by atoms with Crippen LogP contribution in [-0.2, 0) is 11.2 Å². The number of aryl methyl sites for hydroxylation is 1. The zero-order valence-electron chi connectivity index (χ0n) is 9.26. The molecule has 88 valence electrons. The number of nitrogens with zero attached hydrogens (tertiary/aromatic N) is 1. The highest BCUT2D eigenvalue weighted by atomic mass is 16.3. The largest absolute Gasteiger partial charge is 0.469 e. The van der Waals surface area contributed by atoms with Crippen LogP contribution in [0.2, 0.25) is 0 Å². The summed E-state index contributed by atoms with van der Waals surface area (Å²) in [4.78, 5) is 13.3. The van der Waals surface area contributed by atoms with Gasteiger partial charge in [0.2, 0.25) is 5.91 Å². The summed E-state index contributed by atoms with van der Waals surface area (Å²) in [6, 6.07) is 3.65. The van der Waals surface area contributed by atoms with Crippen LogP contribution in [0.3, 0.4) is 0 Å². The molecule has 1 aromatic rings. The number of amides is 1. The molecule has 0 bridgehead atoms. The Labute approximate surface area is 95.2 Å². The Kier molecular flexibility index (Phi) is 5.36. The van der Waals surface area contributed by atoms with Crippen LogP contribution in [0.15, 0.2) is 35.5 Å². The minimum absolute atomic E-state index is 0.00495. The molecule has 0 fully saturated rings. The fourth-order valence-electron chi connectivity index (χ4n) is 1.44. The van der Waals surface area contributed by atoms with Crippen LogP contribution in [0.4, 0.5) is 0 Å². The summed E-state index contributed by atoms with van der Waals surface area (Å²) in [6.07, 6.45) is 4.22. The minimum atomic E-state index is -0.0274. The zero-order chi connectivity index (χ0) is 11.8. The third-order valence-corrected chi connectivity index (χ3v) is 2.24. The molecule has 1 aromatic heterocycles. The van der Waals surface area contributed by atoms with E-state index in [4.69, 9.17) is 9.52 Å². The molecule has 4 nitrogen and oxygen atoms in total. The van der Waals surface area contributed by atoms with Crippen molar-refractivity contribution in [1.82, 2.24) is 4.90 Å². The first kappa shape index (κ1) is 12.5. The van der Waals surface area contributed by atoms with E-state index in [2.05, 4.69) is 6.58 Å². The smallest absolute Gasteiger partial charge is 0.223 e. The number of hydrogen-bond donors (Lipinski definition) is 1. The number of rotatable bonds is 7. The summed E-state index contributed by atoms with van der Waals surface area (Å²) >= 11 is 0. The lowest BCUT2D eigenvalue weighted by atomic mass is 10.2. The molecule has 0 aliphatic carbocycles. The van der Waals surface area contributed by atoms with Gasteiger partial charge in [-0.3, -0.25) is 4.79 Å². The Morgan fingerprint density at radius 1 is 1.62 bits per heavy atom. The third kappa shape index (κ3) is 3.90. The van der Waals surface area contributed by atoms with E-state index in [0.717, 1.165) is 5.76 Å². The van der Waals surface area contributed by atoms with E-state index in [1.54, 1.807) is 23.3 Å². The minimum Gasteiger partial charge on any atom is -0.469 e. The predicted molar refractivity (Wildman–Crippen MR) is 60.9 cm³/mol. The Morgan fingerprint density at radius 2 is 2.44 bits per heavy atom.